The molecule has 1 atom stereocenters. The van der Waals surface area contributed by atoms with Gasteiger partial charge in [0.2, 0.25) is 11.8 Å². The number of nitrogens with one attached hydrogen (secondary N) is 1. The van der Waals surface area contributed by atoms with Crippen molar-refractivity contribution in [2.75, 3.05) is 19.6 Å². The van der Waals surface area contributed by atoms with Gasteiger partial charge in [-0.15, -0.1) is 0 Å². The lowest BCUT2D eigenvalue weighted by molar-refractivity contribution is -0.132. The molecule has 1 unspecified atom stereocenters. The zero-order chi connectivity index (χ0) is 18.4. The van der Waals surface area contributed by atoms with Crippen molar-refractivity contribution >= 4 is 11.8 Å². The molecule has 0 saturated carbocycles. The van der Waals surface area contributed by atoms with Crippen LogP contribution in [0.5, 0.6) is 0 Å². The molecule has 0 radical (unpaired) electrons. The summed E-state index contributed by atoms with van der Waals surface area (Å²) in [5.41, 5.74) is 2.65. The Morgan fingerprint density at radius 3 is 2.48 bits per heavy atom. The van der Waals surface area contributed by atoms with Gasteiger partial charge >= 0.3 is 0 Å². The number of nitrogens with zero attached hydrogens (tertiary/aromatic N) is 3. The fourth-order valence-electron chi connectivity index (χ4n) is 3.33. The molecular weight excluding hydrogens is 316 g/mol. The summed E-state index contributed by atoms with van der Waals surface area (Å²) in [4.78, 5) is 35.3. The lowest BCUT2D eigenvalue weighted by Gasteiger charge is -2.32. The predicted molar refractivity (Wildman–Crippen MR) is 97.4 cm³/mol. The Morgan fingerprint density at radius 1 is 1.20 bits per heavy atom. The molecule has 1 aromatic rings. The Kier molecular flexibility index (Phi) is 6.91. The van der Waals surface area contributed by atoms with Crippen LogP contribution in [-0.4, -0.2) is 46.3 Å². The van der Waals surface area contributed by atoms with Crippen LogP contribution in [0.3, 0.4) is 0 Å². The zero-order valence-electron chi connectivity index (χ0n) is 15.9. The van der Waals surface area contributed by atoms with Gasteiger partial charge in [-0.25, -0.2) is 9.97 Å². The van der Waals surface area contributed by atoms with Crippen molar-refractivity contribution in [3.63, 3.8) is 0 Å². The number of amides is 2. The lowest BCUT2D eigenvalue weighted by atomic mass is 9.96. The number of carbonyl (C=O) groups is 2. The van der Waals surface area contributed by atoms with Crippen LogP contribution in [0.15, 0.2) is 0 Å². The maximum atomic E-state index is 12.0. The molecule has 2 amide bonds. The Balaban J connectivity index is 2.13. The highest BCUT2D eigenvalue weighted by Gasteiger charge is 2.26. The quantitative estimate of drug-likeness (QED) is 0.857. The summed E-state index contributed by atoms with van der Waals surface area (Å²) in [5.74, 6) is 1.20. The molecule has 25 heavy (non-hydrogen) atoms. The van der Waals surface area contributed by atoms with Crippen molar-refractivity contribution in [2.45, 2.75) is 65.7 Å². The van der Waals surface area contributed by atoms with Crippen molar-refractivity contribution in [2.24, 2.45) is 0 Å². The Bertz CT molecular complexity index is 607. The molecule has 1 fully saturated rings. The number of aromatic nitrogens is 2. The van der Waals surface area contributed by atoms with E-state index >= 15 is 0 Å². The second kappa shape index (κ2) is 8.92. The first-order valence-corrected chi connectivity index (χ1v) is 9.34. The van der Waals surface area contributed by atoms with E-state index < -0.39 is 0 Å². The molecule has 2 heterocycles. The first-order chi connectivity index (χ1) is 12.0. The lowest BCUT2D eigenvalue weighted by Crippen LogP contribution is -2.39. The molecule has 1 saturated heterocycles. The van der Waals surface area contributed by atoms with Gasteiger partial charge in [-0.3, -0.25) is 9.59 Å². The highest BCUT2D eigenvalue weighted by Crippen LogP contribution is 2.26. The minimum Gasteiger partial charge on any atom is -0.356 e. The smallest absolute Gasteiger partial charge is 0.224 e. The van der Waals surface area contributed by atoms with Crippen LogP contribution >= 0.6 is 0 Å². The van der Waals surface area contributed by atoms with Crippen molar-refractivity contribution in [3.8, 4) is 0 Å². The first kappa shape index (κ1) is 19.3. The molecular formula is C19H30N4O2. The van der Waals surface area contributed by atoms with Gasteiger partial charge in [-0.1, -0.05) is 13.8 Å². The fourth-order valence-corrected chi connectivity index (χ4v) is 3.33. The summed E-state index contributed by atoms with van der Waals surface area (Å²) >= 11 is 0. The summed E-state index contributed by atoms with van der Waals surface area (Å²) < 4.78 is 0. The topological polar surface area (TPSA) is 75.2 Å². The zero-order valence-corrected chi connectivity index (χ0v) is 15.9. The van der Waals surface area contributed by atoms with Crippen molar-refractivity contribution in [1.29, 1.82) is 0 Å². The van der Waals surface area contributed by atoms with Crippen molar-refractivity contribution in [3.05, 3.63) is 22.8 Å². The molecule has 1 N–H and O–H groups in total. The Morgan fingerprint density at radius 2 is 1.88 bits per heavy atom. The van der Waals surface area contributed by atoms with Gasteiger partial charge in [0, 0.05) is 48.9 Å². The monoisotopic (exact) mass is 346 g/mol. The number of rotatable bonds is 6. The fraction of sp³-hybridized carbons (Fsp3) is 0.684. The number of piperidine rings is 1. The van der Waals surface area contributed by atoms with Gasteiger partial charge in [-0.2, -0.15) is 0 Å². The molecule has 1 aromatic heterocycles. The molecule has 138 valence electrons. The van der Waals surface area contributed by atoms with Crippen LogP contribution in [0.2, 0.25) is 0 Å². The summed E-state index contributed by atoms with van der Waals surface area (Å²) in [5, 5.41) is 2.90. The van der Waals surface area contributed by atoms with E-state index in [1.165, 1.54) is 0 Å². The van der Waals surface area contributed by atoms with E-state index in [2.05, 4.69) is 15.3 Å². The number of likely N-dealkylation sites (tertiary alicyclic amines) is 1. The van der Waals surface area contributed by atoms with Crippen molar-refractivity contribution < 1.29 is 9.59 Å². The van der Waals surface area contributed by atoms with Gasteiger partial charge in [0.25, 0.3) is 0 Å². The first-order valence-electron chi connectivity index (χ1n) is 9.34. The van der Waals surface area contributed by atoms with E-state index in [0.29, 0.717) is 25.9 Å². The number of hydrogen-bond acceptors (Lipinski definition) is 4. The second-order valence-electron chi connectivity index (χ2n) is 6.79. The molecule has 0 bridgehead atoms. The van der Waals surface area contributed by atoms with E-state index in [1.54, 1.807) is 0 Å². The molecule has 1 aliphatic rings. The average Bonchev–Trinajstić information content (AvgIpc) is 2.62. The maximum Gasteiger partial charge on any atom is 0.224 e. The maximum absolute atomic E-state index is 12.0. The third-order valence-electron chi connectivity index (χ3n) is 4.79. The molecule has 0 aliphatic carbocycles. The Labute approximate surface area is 150 Å². The van der Waals surface area contributed by atoms with Gasteiger partial charge in [-0.05, 0) is 33.1 Å². The van der Waals surface area contributed by atoms with Gasteiger partial charge < -0.3 is 10.2 Å². The highest BCUT2D eigenvalue weighted by atomic mass is 16.2. The van der Waals surface area contributed by atoms with E-state index in [4.69, 9.17) is 0 Å². The molecule has 0 spiro atoms. The highest BCUT2D eigenvalue weighted by molar-refractivity contribution is 5.79. The third-order valence-corrected chi connectivity index (χ3v) is 4.79. The van der Waals surface area contributed by atoms with Crippen LogP contribution in [-0.2, 0) is 16.0 Å². The molecule has 0 aromatic carbocycles. The minimum atomic E-state index is 0.0155. The van der Waals surface area contributed by atoms with E-state index in [9.17, 15) is 9.59 Å². The average molecular weight is 346 g/mol. The number of hydrogen-bond donors (Lipinski definition) is 1. The van der Waals surface area contributed by atoms with Gasteiger partial charge in [0.05, 0.1) is 6.42 Å². The van der Waals surface area contributed by atoms with Crippen LogP contribution < -0.4 is 5.32 Å². The predicted octanol–water partition coefficient (Wildman–Crippen LogP) is 2.28. The number of carbonyl (C=O) groups excluding carboxylic acids is 2. The van der Waals surface area contributed by atoms with Crippen LogP contribution in [0.1, 0.15) is 68.2 Å². The Hall–Kier alpha value is -1.98. The van der Waals surface area contributed by atoms with Gasteiger partial charge in [0.15, 0.2) is 0 Å². The van der Waals surface area contributed by atoms with E-state index in [1.807, 2.05) is 32.6 Å². The third kappa shape index (κ3) is 5.00. The van der Waals surface area contributed by atoms with E-state index in [-0.39, 0.29) is 17.7 Å². The normalized spacial score (nSPS) is 17.4. The second-order valence-corrected chi connectivity index (χ2v) is 6.79. The SMILES string of the molecule is CCCNC(=O)Cc1c(C)nc(C2CCCN(C(=O)CC)C2)nc1C. The van der Waals surface area contributed by atoms with Crippen LogP contribution in [0.4, 0.5) is 0 Å². The van der Waals surface area contributed by atoms with Crippen LogP contribution in [0.25, 0.3) is 0 Å². The summed E-state index contributed by atoms with van der Waals surface area (Å²) in [6.07, 6.45) is 3.77. The largest absolute Gasteiger partial charge is 0.356 e. The molecule has 6 heteroatoms. The van der Waals surface area contributed by atoms with Crippen LogP contribution in [0, 0.1) is 13.8 Å². The minimum absolute atomic E-state index is 0.0155. The summed E-state index contributed by atoms with van der Waals surface area (Å²) in [6, 6.07) is 0. The summed E-state index contributed by atoms with van der Waals surface area (Å²) in [7, 11) is 0. The van der Waals surface area contributed by atoms with Gasteiger partial charge in [0.1, 0.15) is 5.82 Å². The summed E-state index contributed by atoms with van der Waals surface area (Å²) in [6.45, 7) is 10.0. The molecule has 6 nitrogen and oxygen atoms in total. The van der Waals surface area contributed by atoms with E-state index in [0.717, 1.165) is 48.6 Å². The van der Waals surface area contributed by atoms with Crippen molar-refractivity contribution in [1.82, 2.24) is 20.2 Å². The standard InChI is InChI=1S/C19H30N4O2/c1-5-9-20-17(24)11-16-13(3)21-19(22-14(16)4)15-8-7-10-23(12-15)18(25)6-2/h15H,5-12H2,1-4H3,(H,20,24). The molecule has 1 aliphatic heterocycles. The number of aryl methyl sites for hydroxylation is 2. The molecule has 2 rings (SSSR count).